The van der Waals surface area contributed by atoms with Gasteiger partial charge >= 0.3 is 0 Å². The minimum Gasteiger partial charge on any atom is -0.550 e. The molecule has 1 aromatic rings. The summed E-state index contributed by atoms with van der Waals surface area (Å²) in [6, 6.07) is 0. The molecule has 0 unspecified atom stereocenters. The molecule has 1 aromatic heterocycles. The van der Waals surface area contributed by atoms with E-state index < -0.39 is 5.97 Å². The van der Waals surface area contributed by atoms with Crippen LogP contribution in [0, 0.1) is 0 Å². The number of carbonyl (C=O) groups excluding carboxylic acids is 1. The minimum absolute atomic E-state index is 0.0572. The van der Waals surface area contributed by atoms with E-state index in [1.165, 1.54) is 23.1 Å². The molecule has 7 heteroatoms. The van der Waals surface area contributed by atoms with Crippen molar-refractivity contribution in [2.24, 2.45) is 0 Å². The van der Waals surface area contributed by atoms with Crippen LogP contribution >= 0.6 is 34.9 Å². The van der Waals surface area contributed by atoms with Crippen molar-refractivity contribution < 1.29 is 9.90 Å². The number of hydrogen-bond acceptors (Lipinski definition) is 7. The van der Waals surface area contributed by atoms with Crippen molar-refractivity contribution in [1.29, 1.82) is 0 Å². The van der Waals surface area contributed by atoms with Gasteiger partial charge in [0, 0.05) is 17.5 Å². The van der Waals surface area contributed by atoms with Gasteiger partial charge in [0.15, 0.2) is 8.68 Å². The van der Waals surface area contributed by atoms with Gasteiger partial charge < -0.3 is 9.90 Å². The normalized spacial score (nSPS) is 10.5. The van der Waals surface area contributed by atoms with E-state index in [0.29, 0.717) is 5.75 Å². The first-order chi connectivity index (χ1) is 7.22. The van der Waals surface area contributed by atoms with Crippen molar-refractivity contribution in [2.75, 3.05) is 11.5 Å². The Kier molecular flexibility index (Phi) is 6.04. The molecule has 0 amide bonds. The van der Waals surface area contributed by atoms with E-state index in [0.717, 1.165) is 20.9 Å². The maximum absolute atomic E-state index is 10.2. The second kappa shape index (κ2) is 7.08. The second-order valence-electron chi connectivity index (χ2n) is 2.65. The average Bonchev–Trinajstić information content (AvgIpc) is 2.62. The monoisotopic (exact) mass is 263 g/mol. The Morgan fingerprint density at radius 1 is 1.33 bits per heavy atom. The lowest BCUT2D eigenvalue weighted by Crippen LogP contribution is -2.22. The highest BCUT2D eigenvalue weighted by atomic mass is 32.2. The summed E-state index contributed by atoms with van der Waals surface area (Å²) in [6.45, 7) is 2.11. The third kappa shape index (κ3) is 5.39. The molecular formula is C8H11N2O2S3-. The Morgan fingerprint density at radius 3 is 2.47 bits per heavy atom. The minimum atomic E-state index is -1.02. The molecule has 0 spiro atoms. The number of rotatable bonds is 7. The lowest BCUT2D eigenvalue weighted by molar-refractivity contribution is -0.305. The van der Waals surface area contributed by atoms with Gasteiger partial charge in [0.2, 0.25) is 0 Å². The molecule has 0 saturated heterocycles. The largest absolute Gasteiger partial charge is 0.550 e. The predicted octanol–water partition coefficient (Wildman–Crippen LogP) is 1.27. The van der Waals surface area contributed by atoms with Crippen molar-refractivity contribution in [2.45, 2.75) is 28.4 Å². The molecule has 0 bridgehead atoms. The zero-order valence-electron chi connectivity index (χ0n) is 8.26. The van der Waals surface area contributed by atoms with E-state index >= 15 is 0 Å². The summed E-state index contributed by atoms with van der Waals surface area (Å²) in [5, 5.41) is 18.1. The van der Waals surface area contributed by atoms with Crippen LogP contribution in [0.3, 0.4) is 0 Å². The molecule has 0 fully saturated rings. The third-order valence-electron chi connectivity index (χ3n) is 1.35. The molecule has 0 radical (unpaired) electrons. The summed E-state index contributed by atoms with van der Waals surface area (Å²) in [7, 11) is 0. The zero-order valence-corrected chi connectivity index (χ0v) is 10.7. The summed E-state index contributed by atoms with van der Waals surface area (Å²) in [5.74, 6) is 0.515. The van der Waals surface area contributed by atoms with E-state index in [9.17, 15) is 9.90 Å². The topological polar surface area (TPSA) is 65.9 Å². The van der Waals surface area contributed by atoms with Gasteiger partial charge in [-0.1, -0.05) is 41.8 Å². The number of hydrogen-bond donors (Lipinski definition) is 0. The van der Waals surface area contributed by atoms with Gasteiger partial charge in [0.25, 0.3) is 0 Å². The number of aliphatic carboxylic acids is 1. The predicted molar refractivity (Wildman–Crippen MR) is 61.3 cm³/mol. The van der Waals surface area contributed by atoms with Crippen LogP contribution in [-0.2, 0) is 4.79 Å². The first kappa shape index (κ1) is 12.8. The number of aromatic nitrogens is 2. The second-order valence-corrected chi connectivity index (χ2v) is 6.31. The summed E-state index contributed by atoms with van der Waals surface area (Å²) < 4.78 is 1.78. The van der Waals surface area contributed by atoms with E-state index in [1.807, 2.05) is 0 Å². The number of carboxylic acid groups (broad SMARTS) is 1. The van der Waals surface area contributed by atoms with Gasteiger partial charge in [-0.3, -0.25) is 0 Å². The molecule has 0 aliphatic heterocycles. The Bertz CT molecular complexity index is 317. The maximum Gasteiger partial charge on any atom is 0.175 e. The fraction of sp³-hybridized carbons (Fsp3) is 0.625. The Balaban J connectivity index is 2.29. The van der Waals surface area contributed by atoms with Crippen LogP contribution in [0.4, 0.5) is 0 Å². The number of carboxylic acids is 1. The van der Waals surface area contributed by atoms with Crippen molar-refractivity contribution in [1.82, 2.24) is 10.2 Å². The lowest BCUT2D eigenvalue weighted by atomic mass is 10.5. The molecule has 0 aliphatic rings. The molecule has 0 N–H and O–H groups in total. The highest BCUT2D eigenvalue weighted by Crippen LogP contribution is 2.29. The molecule has 0 aromatic carbocycles. The molecule has 84 valence electrons. The fourth-order valence-corrected chi connectivity index (χ4v) is 3.66. The molecular weight excluding hydrogens is 252 g/mol. The van der Waals surface area contributed by atoms with Crippen LogP contribution in [0.15, 0.2) is 8.68 Å². The molecule has 15 heavy (non-hydrogen) atoms. The van der Waals surface area contributed by atoms with Crippen LogP contribution in [-0.4, -0.2) is 27.7 Å². The van der Waals surface area contributed by atoms with Gasteiger partial charge in [-0.15, -0.1) is 10.2 Å². The number of nitrogens with zero attached hydrogens (tertiary/aromatic N) is 2. The maximum atomic E-state index is 10.2. The van der Waals surface area contributed by atoms with Crippen molar-refractivity contribution in [3.63, 3.8) is 0 Å². The molecule has 0 atom stereocenters. The quantitative estimate of drug-likeness (QED) is 0.690. The van der Waals surface area contributed by atoms with E-state index in [4.69, 9.17) is 0 Å². The zero-order chi connectivity index (χ0) is 11.1. The van der Waals surface area contributed by atoms with Crippen LogP contribution in [0.1, 0.15) is 19.8 Å². The molecule has 1 heterocycles. The summed E-state index contributed by atoms with van der Waals surface area (Å²) in [4.78, 5) is 10.2. The van der Waals surface area contributed by atoms with E-state index in [2.05, 4.69) is 17.1 Å². The molecule has 0 saturated carbocycles. The summed E-state index contributed by atoms with van der Waals surface area (Å²) in [6.07, 6.45) is 1.17. The van der Waals surface area contributed by atoms with E-state index in [-0.39, 0.29) is 6.42 Å². The van der Waals surface area contributed by atoms with Crippen molar-refractivity contribution >= 4 is 40.8 Å². The first-order valence-electron chi connectivity index (χ1n) is 4.51. The fourth-order valence-electron chi connectivity index (χ4n) is 0.725. The van der Waals surface area contributed by atoms with Gasteiger partial charge in [0.05, 0.1) is 0 Å². The van der Waals surface area contributed by atoms with Crippen LogP contribution in [0.2, 0.25) is 0 Å². The van der Waals surface area contributed by atoms with Crippen LogP contribution in [0.25, 0.3) is 0 Å². The highest BCUT2D eigenvalue weighted by molar-refractivity contribution is 8.03. The van der Waals surface area contributed by atoms with Crippen molar-refractivity contribution in [3.8, 4) is 0 Å². The van der Waals surface area contributed by atoms with E-state index in [1.54, 1.807) is 11.8 Å². The summed E-state index contributed by atoms with van der Waals surface area (Å²) >= 11 is 4.61. The Hall–Kier alpha value is -0.270. The smallest absolute Gasteiger partial charge is 0.175 e. The SMILES string of the molecule is CCCSc1nnc(SCCC(=O)[O-])s1. The Labute approximate surface area is 101 Å². The standard InChI is InChI=1S/C8H12N2O2S3/c1-2-4-13-7-9-10-8(15-7)14-5-3-6(11)12/h2-5H2,1H3,(H,11,12)/p-1. The van der Waals surface area contributed by atoms with Gasteiger partial charge in [-0.25, -0.2) is 0 Å². The van der Waals surface area contributed by atoms with Gasteiger partial charge in [-0.05, 0) is 12.8 Å². The number of thioether (sulfide) groups is 2. The summed E-state index contributed by atoms with van der Waals surface area (Å²) in [5.41, 5.74) is 0. The van der Waals surface area contributed by atoms with Gasteiger partial charge in [-0.2, -0.15) is 0 Å². The van der Waals surface area contributed by atoms with Crippen LogP contribution < -0.4 is 5.11 Å². The average molecular weight is 263 g/mol. The Morgan fingerprint density at radius 2 is 1.93 bits per heavy atom. The lowest BCUT2D eigenvalue weighted by Gasteiger charge is -1.97. The van der Waals surface area contributed by atoms with Gasteiger partial charge in [0.1, 0.15) is 0 Å². The molecule has 0 aliphatic carbocycles. The number of carbonyl (C=O) groups is 1. The van der Waals surface area contributed by atoms with Crippen molar-refractivity contribution in [3.05, 3.63) is 0 Å². The highest BCUT2D eigenvalue weighted by Gasteiger charge is 2.04. The van der Waals surface area contributed by atoms with Crippen LogP contribution in [0.5, 0.6) is 0 Å². The molecule has 4 nitrogen and oxygen atoms in total. The first-order valence-corrected chi connectivity index (χ1v) is 7.30. The third-order valence-corrected chi connectivity index (χ3v) is 4.75. The molecule has 1 rings (SSSR count).